The van der Waals surface area contributed by atoms with Gasteiger partial charge in [-0.05, 0) is 49.1 Å². The number of aliphatic hydroxyl groups is 1. The van der Waals surface area contributed by atoms with Crippen molar-refractivity contribution in [1.82, 2.24) is 4.90 Å². The lowest BCUT2D eigenvalue weighted by Crippen LogP contribution is -2.28. The van der Waals surface area contributed by atoms with E-state index in [-0.39, 0.29) is 5.97 Å². The third-order valence-electron chi connectivity index (χ3n) is 5.17. The molecule has 2 aromatic carbocycles. The van der Waals surface area contributed by atoms with Crippen molar-refractivity contribution in [2.75, 3.05) is 20.2 Å². The molecule has 1 aliphatic heterocycles. The van der Waals surface area contributed by atoms with Gasteiger partial charge in [-0.2, -0.15) is 0 Å². The van der Waals surface area contributed by atoms with E-state index in [1.54, 1.807) is 6.08 Å². The highest BCUT2D eigenvalue weighted by Crippen LogP contribution is 2.33. The van der Waals surface area contributed by atoms with E-state index in [9.17, 15) is 9.90 Å². The Morgan fingerprint density at radius 1 is 1.22 bits per heavy atom. The molecule has 142 valence electrons. The molecule has 0 saturated carbocycles. The first-order valence-electron chi connectivity index (χ1n) is 9.41. The van der Waals surface area contributed by atoms with E-state index in [0.717, 1.165) is 30.5 Å². The SMILES string of the molecule is COC(=O)/C=C/c1ccc(C2CCCN2C[C@@H](O)c2ccc(C)cc2)cc1. The first-order valence-corrected chi connectivity index (χ1v) is 9.41. The van der Waals surface area contributed by atoms with Crippen LogP contribution < -0.4 is 0 Å². The van der Waals surface area contributed by atoms with E-state index < -0.39 is 6.10 Å². The van der Waals surface area contributed by atoms with Gasteiger partial charge < -0.3 is 9.84 Å². The lowest BCUT2D eigenvalue weighted by molar-refractivity contribution is -0.134. The molecule has 1 unspecified atom stereocenters. The molecular weight excluding hydrogens is 338 g/mol. The maximum atomic E-state index is 11.2. The van der Waals surface area contributed by atoms with Crippen LogP contribution in [0.3, 0.4) is 0 Å². The standard InChI is InChI=1S/C23H27NO3/c1-17-5-10-20(11-6-17)22(25)16-24-15-3-4-21(24)19-12-7-18(8-13-19)9-14-23(26)27-2/h5-14,21-22,25H,3-4,15-16H2,1-2H3/b14-9+/t21?,22-/m1/s1. The van der Waals surface area contributed by atoms with Gasteiger partial charge in [0.25, 0.3) is 0 Å². The summed E-state index contributed by atoms with van der Waals surface area (Å²) in [6.07, 6.45) is 4.93. The van der Waals surface area contributed by atoms with Crippen LogP contribution in [0.25, 0.3) is 6.08 Å². The fourth-order valence-corrected chi connectivity index (χ4v) is 3.60. The molecule has 0 spiro atoms. The number of ether oxygens (including phenoxy) is 1. The summed E-state index contributed by atoms with van der Waals surface area (Å²) in [6, 6.07) is 16.7. The molecule has 4 heteroatoms. The Labute approximate surface area is 161 Å². The number of carbonyl (C=O) groups excluding carboxylic acids is 1. The van der Waals surface area contributed by atoms with Crippen LogP contribution >= 0.6 is 0 Å². The number of hydrogen-bond donors (Lipinski definition) is 1. The second-order valence-corrected chi connectivity index (χ2v) is 7.10. The highest BCUT2D eigenvalue weighted by molar-refractivity contribution is 5.86. The molecule has 1 fully saturated rings. The molecule has 4 nitrogen and oxygen atoms in total. The molecule has 0 bridgehead atoms. The molecule has 2 atom stereocenters. The van der Waals surface area contributed by atoms with Gasteiger partial charge in [0.15, 0.2) is 0 Å². The van der Waals surface area contributed by atoms with Gasteiger partial charge in [0.1, 0.15) is 0 Å². The van der Waals surface area contributed by atoms with Gasteiger partial charge in [-0.25, -0.2) is 4.79 Å². The predicted molar refractivity (Wildman–Crippen MR) is 107 cm³/mol. The Morgan fingerprint density at radius 2 is 1.93 bits per heavy atom. The van der Waals surface area contributed by atoms with E-state index in [0.29, 0.717) is 12.6 Å². The van der Waals surface area contributed by atoms with Crippen molar-refractivity contribution in [2.45, 2.75) is 31.9 Å². The number of esters is 1. The molecule has 1 N–H and O–H groups in total. The summed E-state index contributed by atoms with van der Waals surface area (Å²) in [4.78, 5) is 13.6. The lowest BCUT2D eigenvalue weighted by Gasteiger charge is -2.27. The van der Waals surface area contributed by atoms with E-state index in [1.807, 2.05) is 36.4 Å². The van der Waals surface area contributed by atoms with E-state index in [2.05, 4.69) is 28.7 Å². The van der Waals surface area contributed by atoms with Gasteiger partial charge in [-0.3, -0.25) is 4.90 Å². The van der Waals surface area contributed by atoms with Gasteiger partial charge in [-0.1, -0.05) is 54.1 Å². The Hall–Kier alpha value is -2.43. The zero-order valence-electron chi connectivity index (χ0n) is 16.0. The zero-order chi connectivity index (χ0) is 19.2. The molecule has 0 amide bonds. The second kappa shape index (κ2) is 8.98. The quantitative estimate of drug-likeness (QED) is 0.620. The van der Waals surface area contributed by atoms with E-state index >= 15 is 0 Å². The van der Waals surface area contributed by atoms with Crippen LogP contribution in [0.2, 0.25) is 0 Å². The largest absolute Gasteiger partial charge is 0.466 e. The number of benzene rings is 2. The van der Waals surface area contributed by atoms with Crippen LogP contribution in [-0.2, 0) is 9.53 Å². The number of β-amino-alcohol motifs (C(OH)–C–C–N with tert-alkyl or cyclic N) is 1. The average Bonchev–Trinajstić information content (AvgIpc) is 3.15. The van der Waals surface area contributed by atoms with Crippen LogP contribution in [0.4, 0.5) is 0 Å². The maximum Gasteiger partial charge on any atom is 0.330 e. The third kappa shape index (κ3) is 5.06. The molecule has 0 radical (unpaired) electrons. The first kappa shape index (κ1) is 19.3. The minimum Gasteiger partial charge on any atom is -0.466 e. The summed E-state index contributed by atoms with van der Waals surface area (Å²) < 4.78 is 4.61. The predicted octanol–water partition coefficient (Wildman–Crippen LogP) is 4.05. The van der Waals surface area contributed by atoms with Crippen molar-refractivity contribution >= 4 is 12.0 Å². The number of aliphatic hydroxyl groups excluding tert-OH is 1. The van der Waals surface area contributed by atoms with Gasteiger partial charge in [0, 0.05) is 18.7 Å². The molecule has 2 aromatic rings. The normalized spacial score (nSPS) is 18.7. The molecule has 3 rings (SSSR count). The molecule has 1 heterocycles. The molecule has 0 aliphatic carbocycles. The molecule has 1 aliphatic rings. The Kier molecular flexibility index (Phi) is 6.43. The Morgan fingerprint density at radius 3 is 2.59 bits per heavy atom. The number of hydrogen-bond acceptors (Lipinski definition) is 4. The Balaban J connectivity index is 1.66. The number of rotatable bonds is 6. The van der Waals surface area contributed by atoms with Gasteiger partial charge in [-0.15, -0.1) is 0 Å². The fourth-order valence-electron chi connectivity index (χ4n) is 3.60. The van der Waals surface area contributed by atoms with Crippen molar-refractivity contribution in [1.29, 1.82) is 0 Å². The van der Waals surface area contributed by atoms with Crippen LogP contribution in [-0.4, -0.2) is 36.2 Å². The number of methoxy groups -OCH3 is 1. The van der Waals surface area contributed by atoms with Gasteiger partial charge in [0.05, 0.1) is 13.2 Å². The number of aryl methyl sites for hydroxylation is 1. The van der Waals surface area contributed by atoms with Crippen molar-refractivity contribution < 1.29 is 14.6 Å². The van der Waals surface area contributed by atoms with Crippen LogP contribution in [0.1, 0.15) is 47.2 Å². The Bertz CT molecular complexity index is 780. The third-order valence-corrected chi connectivity index (χ3v) is 5.17. The highest BCUT2D eigenvalue weighted by Gasteiger charge is 2.27. The second-order valence-electron chi connectivity index (χ2n) is 7.10. The van der Waals surface area contributed by atoms with Gasteiger partial charge in [0.2, 0.25) is 0 Å². The zero-order valence-corrected chi connectivity index (χ0v) is 16.0. The monoisotopic (exact) mass is 365 g/mol. The molecular formula is C23H27NO3. The first-order chi connectivity index (χ1) is 13.1. The summed E-state index contributed by atoms with van der Waals surface area (Å²) in [5, 5.41) is 10.6. The lowest BCUT2D eigenvalue weighted by atomic mass is 10.0. The molecule has 1 saturated heterocycles. The van der Waals surface area contributed by atoms with Crippen molar-refractivity contribution in [3.8, 4) is 0 Å². The highest BCUT2D eigenvalue weighted by atomic mass is 16.5. The summed E-state index contributed by atoms with van der Waals surface area (Å²) in [5.41, 5.74) is 4.38. The summed E-state index contributed by atoms with van der Waals surface area (Å²) in [5.74, 6) is -0.355. The topological polar surface area (TPSA) is 49.8 Å². The summed E-state index contributed by atoms with van der Waals surface area (Å²) >= 11 is 0. The van der Waals surface area contributed by atoms with Crippen LogP contribution in [0.15, 0.2) is 54.6 Å². The number of nitrogens with zero attached hydrogens (tertiary/aromatic N) is 1. The van der Waals surface area contributed by atoms with E-state index in [1.165, 1.54) is 24.3 Å². The van der Waals surface area contributed by atoms with Crippen LogP contribution in [0, 0.1) is 6.92 Å². The minimum atomic E-state index is -0.478. The summed E-state index contributed by atoms with van der Waals surface area (Å²) in [6.45, 7) is 3.69. The maximum absolute atomic E-state index is 11.2. The molecule has 0 aromatic heterocycles. The minimum absolute atomic E-state index is 0.323. The van der Waals surface area contributed by atoms with Gasteiger partial charge >= 0.3 is 5.97 Å². The fraction of sp³-hybridized carbons (Fsp3) is 0.348. The number of carbonyl (C=O) groups is 1. The average molecular weight is 365 g/mol. The van der Waals surface area contributed by atoms with Crippen molar-refractivity contribution in [3.05, 3.63) is 76.9 Å². The number of likely N-dealkylation sites (tertiary alicyclic amines) is 1. The van der Waals surface area contributed by atoms with Crippen molar-refractivity contribution in [3.63, 3.8) is 0 Å². The summed E-state index contributed by atoms with van der Waals surface area (Å²) in [7, 11) is 1.37. The smallest absolute Gasteiger partial charge is 0.330 e. The van der Waals surface area contributed by atoms with Crippen molar-refractivity contribution in [2.24, 2.45) is 0 Å². The van der Waals surface area contributed by atoms with Crippen LogP contribution in [0.5, 0.6) is 0 Å². The molecule has 27 heavy (non-hydrogen) atoms. The van der Waals surface area contributed by atoms with E-state index in [4.69, 9.17) is 0 Å².